The Morgan fingerprint density at radius 2 is 2.06 bits per heavy atom. The number of halogens is 1. The molecule has 0 bridgehead atoms. The fourth-order valence-electron chi connectivity index (χ4n) is 1.50. The molecule has 4 heteroatoms. The van der Waals surface area contributed by atoms with Crippen molar-refractivity contribution in [3.63, 3.8) is 0 Å². The van der Waals surface area contributed by atoms with Crippen LogP contribution in [0, 0.1) is 5.82 Å². The van der Waals surface area contributed by atoms with Gasteiger partial charge < -0.3 is 0 Å². The van der Waals surface area contributed by atoms with Crippen molar-refractivity contribution >= 4 is 11.9 Å². The molecule has 0 aliphatic carbocycles. The Morgan fingerprint density at radius 1 is 1.33 bits per heavy atom. The lowest BCUT2D eigenvalue weighted by Crippen LogP contribution is -1.99. The van der Waals surface area contributed by atoms with E-state index in [9.17, 15) is 9.18 Å². The first-order valence-electron chi connectivity index (χ1n) is 5.70. The van der Waals surface area contributed by atoms with Crippen LogP contribution in [0.25, 0.3) is 6.08 Å². The van der Waals surface area contributed by atoms with Crippen LogP contribution in [0.15, 0.2) is 42.6 Å². The summed E-state index contributed by atoms with van der Waals surface area (Å²) in [5.41, 5.74) is 1.19. The molecule has 0 saturated heterocycles. The van der Waals surface area contributed by atoms with E-state index in [-0.39, 0.29) is 11.6 Å². The molecule has 1 aromatic heterocycles. The van der Waals surface area contributed by atoms with Gasteiger partial charge in [-0.05, 0) is 36.8 Å². The Labute approximate surface area is 105 Å². The smallest absolute Gasteiger partial charge is 0.206 e. The second-order valence-corrected chi connectivity index (χ2v) is 3.81. The summed E-state index contributed by atoms with van der Waals surface area (Å²) in [6, 6.07) is 7.63. The van der Waals surface area contributed by atoms with Gasteiger partial charge in [0, 0.05) is 12.7 Å². The summed E-state index contributed by atoms with van der Waals surface area (Å²) in [5, 5.41) is 4.11. The zero-order valence-electron chi connectivity index (χ0n) is 10.0. The molecular formula is C14H13FN2O. The summed E-state index contributed by atoms with van der Waals surface area (Å²) >= 11 is 0. The Morgan fingerprint density at radius 3 is 2.67 bits per heavy atom. The monoisotopic (exact) mass is 244 g/mol. The first-order chi connectivity index (χ1) is 8.69. The van der Waals surface area contributed by atoms with Gasteiger partial charge in [-0.2, -0.15) is 5.10 Å². The number of aromatic nitrogens is 2. The molecule has 0 aliphatic rings. The van der Waals surface area contributed by atoms with E-state index in [2.05, 4.69) is 5.10 Å². The summed E-state index contributed by atoms with van der Waals surface area (Å²) in [6.45, 7) is 2.69. The van der Waals surface area contributed by atoms with Crippen LogP contribution in [-0.4, -0.2) is 15.6 Å². The lowest BCUT2D eigenvalue weighted by atomic mass is 10.2. The van der Waals surface area contributed by atoms with Gasteiger partial charge >= 0.3 is 0 Å². The average Bonchev–Trinajstić information content (AvgIpc) is 2.86. The zero-order chi connectivity index (χ0) is 13.0. The molecule has 0 saturated carbocycles. The average molecular weight is 244 g/mol. The molecule has 3 nitrogen and oxygen atoms in total. The molecule has 0 radical (unpaired) electrons. The Hall–Kier alpha value is -2.23. The number of nitrogens with zero attached hydrogens (tertiary/aromatic N) is 2. The molecule has 92 valence electrons. The maximum Gasteiger partial charge on any atom is 0.206 e. The third kappa shape index (κ3) is 2.91. The lowest BCUT2D eigenvalue weighted by molar-refractivity contribution is 0.104. The maximum atomic E-state index is 12.7. The van der Waals surface area contributed by atoms with Gasteiger partial charge in [-0.1, -0.05) is 18.2 Å². The summed E-state index contributed by atoms with van der Waals surface area (Å²) in [6.07, 6.45) is 4.85. The summed E-state index contributed by atoms with van der Waals surface area (Å²) in [7, 11) is 0. The Balaban J connectivity index is 2.09. The second-order valence-electron chi connectivity index (χ2n) is 3.81. The van der Waals surface area contributed by atoms with E-state index in [1.165, 1.54) is 18.2 Å². The molecule has 18 heavy (non-hydrogen) atoms. The van der Waals surface area contributed by atoms with E-state index in [0.29, 0.717) is 5.69 Å². The van der Waals surface area contributed by atoms with Crippen LogP contribution in [0.5, 0.6) is 0 Å². The van der Waals surface area contributed by atoms with Gasteiger partial charge in [0.2, 0.25) is 5.78 Å². The summed E-state index contributed by atoms with van der Waals surface area (Å²) in [5.74, 6) is -0.452. The fraction of sp³-hybridized carbons (Fsp3) is 0.143. The number of benzene rings is 1. The van der Waals surface area contributed by atoms with Crippen LogP contribution in [0.4, 0.5) is 4.39 Å². The minimum Gasteiger partial charge on any atom is -0.287 e. The highest BCUT2D eigenvalue weighted by atomic mass is 19.1. The van der Waals surface area contributed by atoms with Gasteiger partial charge in [-0.3, -0.25) is 9.48 Å². The van der Waals surface area contributed by atoms with Gasteiger partial charge in [0.05, 0.1) is 0 Å². The van der Waals surface area contributed by atoms with E-state index in [4.69, 9.17) is 0 Å². The number of carbonyl (C=O) groups excluding carboxylic acids is 1. The van der Waals surface area contributed by atoms with Crippen molar-refractivity contribution < 1.29 is 9.18 Å². The Kier molecular flexibility index (Phi) is 3.67. The third-order valence-electron chi connectivity index (χ3n) is 2.51. The summed E-state index contributed by atoms with van der Waals surface area (Å²) in [4.78, 5) is 11.8. The molecule has 0 unspecified atom stereocenters. The molecule has 0 spiro atoms. The predicted octanol–water partition coefficient (Wildman–Crippen LogP) is 2.94. The molecule has 2 rings (SSSR count). The highest BCUT2D eigenvalue weighted by Crippen LogP contribution is 2.06. The number of allylic oxidation sites excluding steroid dienone is 1. The quantitative estimate of drug-likeness (QED) is 0.612. The van der Waals surface area contributed by atoms with Gasteiger partial charge in [-0.25, -0.2) is 4.39 Å². The van der Waals surface area contributed by atoms with Crippen LogP contribution in [0.3, 0.4) is 0 Å². The van der Waals surface area contributed by atoms with E-state index >= 15 is 0 Å². The molecule has 0 fully saturated rings. The first-order valence-corrected chi connectivity index (χ1v) is 5.70. The molecule has 0 N–H and O–H groups in total. The Bertz CT molecular complexity index is 570. The zero-order valence-corrected chi connectivity index (χ0v) is 10.0. The maximum absolute atomic E-state index is 12.7. The fourth-order valence-corrected chi connectivity index (χ4v) is 1.50. The highest BCUT2D eigenvalue weighted by Gasteiger charge is 2.05. The minimum absolute atomic E-state index is 0.161. The van der Waals surface area contributed by atoms with Crippen molar-refractivity contribution in [2.75, 3.05) is 0 Å². The number of rotatable bonds is 4. The SMILES string of the molecule is CCn1ccc(C(=O)/C=C/c2ccc(F)cc2)n1. The van der Waals surface area contributed by atoms with Crippen molar-refractivity contribution in [1.82, 2.24) is 9.78 Å². The number of carbonyl (C=O) groups is 1. The van der Waals surface area contributed by atoms with Crippen molar-refractivity contribution in [2.45, 2.75) is 13.5 Å². The van der Waals surface area contributed by atoms with E-state index in [1.54, 1.807) is 35.2 Å². The molecule has 1 heterocycles. The molecular weight excluding hydrogens is 231 g/mol. The van der Waals surface area contributed by atoms with E-state index < -0.39 is 0 Å². The predicted molar refractivity (Wildman–Crippen MR) is 67.7 cm³/mol. The first kappa shape index (κ1) is 12.2. The highest BCUT2D eigenvalue weighted by molar-refractivity contribution is 6.05. The van der Waals surface area contributed by atoms with Crippen LogP contribution < -0.4 is 0 Å². The number of ketones is 1. The third-order valence-corrected chi connectivity index (χ3v) is 2.51. The van der Waals surface area contributed by atoms with E-state index in [1.807, 2.05) is 6.92 Å². The topological polar surface area (TPSA) is 34.9 Å². The standard InChI is InChI=1S/C14H13FN2O/c1-2-17-10-9-13(16-17)14(18)8-5-11-3-6-12(15)7-4-11/h3-10H,2H2,1H3/b8-5+. The molecule has 1 aromatic carbocycles. The molecule has 0 amide bonds. The minimum atomic E-state index is -0.292. The van der Waals surface area contributed by atoms with E-state index in [0.717, 1.165) is 12.1 Å². The van der Waals surface area contributed by atoms with Crippen molar-refractivity contribution in [3.05, 3.63) is 59.7 Å². The van der Waals surface area contributed by atoms with Crippen molar-refractivity contribution in [3.8, 4) is 0 Å². The van der Waals surface area contributed by atoms with Crippen LogP contribution in [-0.2, 0) is 6.54 Å². The molecule has 0 atom stereocenters. The second kappa shape index (κ2) is 5.40. The van der Waals surface area contributed by atoms with Gasteiger partial charge in [-0.15, -0.1) is 0 Å². The number of hydrogen-bond acceptors (Lipinski definition) is 2. The van der Waals surface area contributed by atoms with Gasteiger partial charge in [0.1, 0.15) is 11.5 Å². The molecule has 0 aliphatic heterocycles. The molecule has 2 aromatic rings. The lowest BCUT2D eigenvalue weighted by Gasteiger charge is -1.93. The van der Waals surface area contributed by atoms with Crippen LogP contribution >= 0.6 is 0 Å². The van der Waals surface area contributed by atoms with Crippen molar-refractivity contribution in [1.29, 1.82) is 0 Å². The normalized spacial score (nSPS) is 11.0. The van der Waals surface area contributed by atoms with Crippen molar-refractivity contribution in [2.24, 2.45) is 0 Å². The number of hydrogen-bond donors (Lipinski definition) is 0. The largest absolute Gasteiger partial charge is 0.287 e. The summed E-state index contributed by atoms with van der Waals surface area (Å²) < 4.78 is 14.4. The number of aryl methyl sites for hydroxylation is 1. The van der Waals surface area contributed by atoms with Crippen LogP contribution in [0.2, 0.25) is 0 Å². The van der Waals surface area contributed by atoms with Gasteiger partial charge in [0.15, 0.2) is 0 Å². The van der Waals surface area contributed by atoms with Gasteiger partial charge in [0.25, 0.3) is 0 Å². The van der Waals surface area contributed by atoms with Crippen LogP contribution in [0.1, 0.15) is 23.0 Å².